The van der Waals surface area contributed by atoms with E-state index in [1.54, 1.807) is 19.8 Å². The van der Waals surface area contributed by atoms with Crippen LogP contribution in [0.5, 0.6) is 11.5 Å². The fourth-order valence-corrected chi connectivity index (χ4v) is 6.45. The predicted octanol–water partition coefficient (Wildman–Crippen LogP) is 5.92. The van der Waals surface area contributed by atoms with Gasteiger partial charge in [-0.2, -0.15) is 0 Å². The third-order valence-corrected chi connectivity index (χ3v) is 7.31. The number of aliphatic imine (C=N–C) groups is 1. The van der Waals surface area contributed by atoms with Crippen LogP contribution in [0.2, 0.25) is 0 Å². The van der Waals surface area contributed by atoms with Crippen molar-refractivity contribution in [3.8, 4) is 11.5 Å². The molecule has 0 aromatic heterocycles. The van der Waals surface area contributed by atoms with E-state index in [4.69, 9.17) is 9.47 Å². The summed E-state index contributed by atoms with van der Waals surface area (Å²) in [6, 6.07) is 14.8. The molecule has 146 valence electrons. The summed E-state index contributed by atoms with van der Waals surface area (Å²) in [7, 11) is 3.35. The minimum absolute atomic E-state index is 0.451. The van der Waals surface area contributed by atoms with Gasteiger partial charge in [0.1, 0.15) is 11.5 Å². The van der Waals surface area contributed by atoms with E-state index in [-0.39, 0.29) is 0 Å². The second-order valence-electron chi connectivity index (χ2n) is 9.11. The first kappa shape index (κ1) is 17.8. The van der Waals surface area contributed by atoms with Crippen molar-refractivity contribution in [3.05, 3.63) is 53.6 Å². The molecular formula is C25H29NO2. The maximum atomic E-state index is 5.44. The van der Waals surface area contributed by atoms with Crippen LogP contribution in [0, 0.1) is 17.8 Å². The average molecular weight is 376 g/mol. The Hall–Kier alpha value is -2.29. The molecular weight excluding hydrogens is 346 g/mol. The van der Waals surface area contributed by atoms with E-state index in [0.29, 0.717) is 5.41 Å². The Labute approximate surface area is 167 Å². The van der Waals surface area contributed by atoms with Crippen molar-refractivity contribution in [3.63, 3.8) is 0 Å². The lowest BCUT2D eigenvalue weighted by Gasteiger charge is -2.57. The number of hydrogen-bond acceptors (Lipinski definition) is 3. The molecule has 0 unspecified atom stereocenters. The van der Waals surface area contributed by atoms with Crippen LogP contribution in [-0.2, 0) is 5.41 Å². The molecule has 0 spiro atoms. The van der Waals surface area contributed by atoms with Crippen LogP contribution in [0.15, 0.2) is 47.5 Å². The van der Waals surface area contributed by atoms with Crippen molar-refractivity contribution in [1.29, 1.82) is 0 Å². The van der Waals surface area contributed by atoms with Crippen LogP contribution < -0.4 is 9.47 Å². The van der Waals surface area contributed by atoms with Gasteiger partial charge in [0.05, 0.1) is 19.9 Å². The van der Waals surface area contributed by atoms with Gasteiger partial charge >= 0.3 is 0 Å². The molecule has 0 radical (unpaired) electrons. The zero-order chi connectivity index (χ0) is 19.1. The number of methoxy groups -OCH3 is 2. The third kappa shape index (κ3) is 3.11. The normalized spacial score (nSPS) is 30.7. The first-order valence-electron chi connectivity index (χ1n) is 10.5. The SMILES string of the molecule is COc1ccc(OC)c(C=Nc2ccc(C34CC5CC(CC(C5)C3)C4)cc2)c1. The van der Waals surface area contributed by atoms with Gasteiger partial charge < -0.3 is 9.47 Å². The molecule has 3 nitrogen and oxygen atoms in total. The first-order chi connectivity index (χ1) is 13.7. The van der Waals surface area contributed by atoms with Gasteiger partial charge in [0.2, 0.25) is 0 Å². The van der Waals surface area contributed by atoms with E-state index in [1.165, 1.54) is 38.5 Å². The summed E-state index contributed by atoms with van der Waals surface area (Å²) in [6.45, 7) is 0. The Bertz CT molecular complexity index is 849. The molecule has 4 bridgehead atoms. The van der Waals surface area contributed by atoms with Gasteiger partial charge in [0.15, 0.2) is 0 Å². The molecule has 0 heterocycles. The fraction of sp³-hybridized carbons (Fsp3) is 0.480. The smallest absolute Gasteiger partial charge is 0.127 e. The quantitative estimate of drug-likeness (QED) is 0.607. The van der Waals surface area contributed by atoms with Crippen LogP contribution in [0.4, 0.5) is 5.69 Å². The molecule has 4 aliphatic carbocycles. The topological polar surface area (TPSA) is 30.8 Å². The highest BCUT2D eigenvalue weighted by molar-refractivity contribution is 5.86. The second-order valence-corrected chi connectivity index (χ2v) is 9.11. The maximum Gasteiger partial charge on any atom is 0.127 e. The number of benzene rings is 2. The number of nitrogens with zero attached hydrogens (tertiary/aromatic N) is 1. The first-order valence-corrected chi connectivity index (χ1v) is 10.5. The van der Waals surface area contributed by atoms with E-state index in [9.17, 15) is 0 Å². The van der Waals surface area contributed by atoms with E-state index < -0.39 is 0 Å². The van der Waals surface area contributed by atoms with Crippen LogP contribution in [0.25, 0.3) is 0 Å². The van der Waals surface area contributed by atoms with Crippen molar-refractivity contribution in [2.75, 3.05) is 14.2 Å². The summed E-state index contributed by atoms with van der Waals surface area (Å²) < 4.78 is 10.8. The Morgan fingerprint density at radius 1 is 0.857 bits per heavy atom. The van der Waals surface area contributed by atoms with Gasteiger partial charge in [-0.15, -0.1) is 0 Å². The molecule has 2 aromatic rings. The molecule has 4 aliphatic rings. The minimum Gasteiger partial charge on any atom is -0.497 e. The zero-order valence-electron chi connectivity index (χ0n) is 16.9. The lowest BCUT2D eigenvalue weighted by molar-refractivity contribution is -0.00518. The van der Waals surface area contributed by atoms with Crippen molar-refractivity contribution in [1.82, 2.24) is 0 Å². The molecule has 4 fully saturated rings. The van der Waals surface area contributed by atoms with Crippen molar-refractivity contribution in [2.45, 2.75) is 43.9 Å². The number of ether oxygens (including phenoxy) is 2. The van der Waals surface area contributed by atoms with Crippen LogP contribution in [-0.4, -0.2) is 20.4 Å². The lowest BCUT2D eigenvalue weighted by atomic mass is 9.48. The summed E-state index contributed by atoms with van der Waals surface area (Å²) in [5, 5.41) is 0. The second kappa shape index (κ2) is 6.95. The molecule has 0 amide bonds. The molecule has 4 saturated carbocycles. The van der Waals surface area contributed by atoms with E-state index in [2.05, 4.69) is 29.3 Å². The third-order valence-electron chi connectivity index (χ3n) is 7.31. The van der Waals surface area contributed by atoms with Gasteiger partial charge in [0.25, 0.3) is 0 Å². The number of rotatable bonds is 5. The predicted molar refractivity (Wildman–Crippen MR) is 113 cm³/mol. The van der Waals surface area contributed by atoms with Crippen LogP contribution in [0.3, 0.4) is 0 Å². The Balaban J connectivity index is 1.37. The minimum atomic E-state index is 0.451. The van der Waals surface area contributed by atoms with Crippen molar-refractivity contribution < 1.29 is 9.47 Å². The van der Waals surface area contributed by atoms with Gasteiger partial charge in [-0.1, -0.05) is 12.1 Å². The van der Waals surface area contributed by atoms with Crippen LogP contribution in [0.1, 0.15) is 49.7 Å². The zero-order valence-corrected chi connectivity index (χ0v) is 16.9. The van der Waals surface area contributed by atoms with Crippen molar-refractivity contribution >= 4 is 11.9 Å². The van der Waals surface area contributed by atoms with Gasteiger partial charge in [-0.3, -0.25) is 4.99 Å². The lowest BCUT2D eigenvalue weighted by Crippen LogP contribution is -2.48. The standard InChI is InChI=1S/C25H29NO2/c1-27-23-7-8-24(28-2)20(12-23)16-26-22-5-3-21(4-6-22)25-13-17-9-18(14-25)11-19(10-17)15-25/h3-8,12,16-19H,9-11,13-15H2,1-2H3. The Kier molecular flexibility index (Phi) is 4.41. The van der Waals surface area contributed by atoms with E-state index in [1.807, 2.05) is 24.4 Å². The molecule has 28 heavy (non-hydrogen) atoms. The Morgan fingerprint density at radius 3 is 2.07 bits per heavy atom. The van der Waals surface area contributed by atoms with Gasteiger partial charge in [0, 0.05) is 11.8 Å². The monoisotopic (exact) mass is 375 g/mol. The van der Waals surface area contributed by atoms with E-state index in [0.717, 1.165) is 40.5 Å². The Morgan fingerprint density at radius 2 is 1.50 bits per heavy atom. The summed E-state index contributed by atoms with van der Waals surface area (Å²) in [5.41, 5.74) is 3.90. The summed E-state index contributed by atoms with van der Waals surface area (Å²) in [5.74, 6) is 4.53. The maximum absolute atomic E-state index is 5.44. The molecule has 2 aromatic carbocycles. The summed E-state index contributed by atoms with van der Waals surface area (Å²) in [6.07, 6.45) is 10.5. The molecule has 0 aliphatic heterocycles. The van der Waals surface area contributed by atoms with Gasteiger partial charge in [-0.25, -0.2) is 0 Å². The largest absolute Gasteiger partial charge is 0.497 e. The fourth-order valence-electron chi connectivity index (χ4n) is 6.45. The van der Waals surface area contributed by atoms with Crippen molar-refractivity contribution in [2.24, 2.45) is 22.7 Å². The number of hydrogen-bond donors (Lipinski definition) is 0. The molecule has 0 atom stereocenters. The van der Waals surface area contributed by atoms with E-state index >= 15 is 0 Å². The van der Waals surface area contributed by atoms with Crippen LogP contribution >= 0.6 is 0 Å². The molecule has 6 rings (SSSR count). The summed E-state index contributed by atoms with van der Waals surface area (Å²) in [4.78, 5) is 4.69. The summed E-state index contributed by atoms with van der Waals surface area (Å²) >= 11 is 0. The molecule has 3 heteroatoms. The van der Waals surface area contributed by atoms with Gasteiger partial charge in [-0.05, 0) is 97.6 Å². The highest BCUT2D eigenvalue weighted by Gasteiger charge is 2.51. The average Bonchev–Trinajstić information content (AvgIpc) is 2.71. The molecule has 0 N–H and O–H groups in total. The highest BCUT2D eigenvalue weighted by Crippen LogP contribution is 2.60. The highest BCUT2D eigenvalue weighted by atomic mass is 16.5. The molecule has 0 saturated heterocycles.